The van der Waals surface area contributed by atoms with Crippen LogP contribution in [-0.2, 0) is 13.0 Å². The summed E-state index contributed by atoms with van der Waals surface area (Å²) in [6, 6.07) is 14.0. The molecule has 0 aliphatic rings. The molecule has 3 N–H and O–H groups in total. The molecule has 0 radical (unpaired) electrons. The number of carbonyl (C=O) groups is 2. The zero-order valence-electron chi connectivity index (χ0n) is 16.5. The van der Waals surface area contributed by atoms with Crippen LogP contribution in [0, 0.1) is 5.82 Å². The van der Waals surface area contributed by atoms with Gasteiger partial charge in [0.15, 0.2) is 0 Å². The Bertz CT molecular complexity index is 796. The molecule has 0 aromatic heterocycles. The quantitative estimate of drug-likeness (QED) is 0.651. The van der Waals surface area contributed by atoms with Crippen LogP contribution in [0.4, 0.5) is 9.18 Å². The van der Waals surface area contributed by atoms with Gasteiger partial charge in [0.05, 0.1) is 5.56 Å². The van der Waals surface area contributed by atoms with Crippen molar-refractivity contribution in [2.45, 2.75) is 19.0 Å². The van der Waals surface area contributed by atoms with E-state index in [0.29, 0.717) is 19.5 Å². The predicted octanol–water partition coefficient (Wildman–Crippen LogP) is 2.16. The van der Waals surface area contributed by atoms with Crippen molar-refractivity contribution < 1.29 is 14.0 Å². The van der Waals surface area contributed by atoms with Gasteiger partial charge >= 0.3 is 6.03 Å². The first-order chi connectivity index (χ1) is 13.4. The fraction of sp³-hybridized carbons (Fsp3) is 0.333. The van der Waals surface area contributed by atoms with Gasteiger partial charge in [0.2, 0.25) is 0 Å². The molecule has 1 unspecified atom stereocenters. The van der Waals surface area contributed by atoms with Crippen LogP contribution in [0.1, 0.15) is 21.5 Å². The first-order valence-corrected chi connectivity index (χ1v) is 9.13. The largest absolute Gasteiger partial charge is 0.355 e. The average Bonchev–Trinajstić information content (AvgIpc) is 2.69. The van der Waals surface area contributed by atoms with Crippen LogP contribution in [-0.4, -0.2) is 50.6 Å². The lowest BCUT2D eigenvalue weighted by atomic mass is 10.0. The monoisotopic (exact) mass is 386 g/mol. The molecule has 3 amide bonds. The zero-order valence-corrected chi connectivity index (χ0v) is 16.5. The molecule has 0 aliphatic carbocycles. The normalized spacial score (nSPS) is 11.8. The standard InChI is InChI=1S/C21H27FN4O2/c1-23-20(27)18-10-9-16(12-19(18)22)11-17(26(2)3)14-25-21(28)24-13-15-7-5-4-6-8-15/h4-10,12,17H,11,13-14H2,1-3H3,(H,23,27)(H2,24,25,28). The van der Waals surface area contributed by atoms with E-state index in [1.165, 1.54) is 19.2 Å². The molecule has 0 saturated heterocycles. The molecule has 6 nitrogen and oxygen atoms in total. The molecule has 1 atom stereocenters. The van der Waals surface area contributed by atoms with Gasteiger partial charge < -0.3 is 20.9 Å². The number of nitrogens with zero attached hydrogens (tertiary/aromatic N) is 1. The summed E-state index contributed by atoms with van der Waals surface area (Å²) in [5.74, 6) is -1.01. The number of amides is 3. The van der Waals surface area contributed by atoms with Crippen molar-refractivity contribution in [3.8, 4) is 0 Å². The van der Waals surface area contributed by atoms with Gasteiger partial charge in [0.1, 0.15) is 5.82 Å². The van der Waals surface area contributed by atoms with E-state index in [0.717, 1.165) is 11.1 Å². The minimum absolute atomic E-state index is 0.0195. The molecule has 2 rings (SSSR count). The van der Waals surface area contributed by atoms with Crippen molar-refractivity contribution >= 4 is 11.9 Å². The summed E-state index contributed by atoms with van der Waals surface area (Å²) in [7, 11) is 5.28. The average molecular weight is 386 g/mol. The highest BCUT2D eigenvalue weighted by molar-refractivity contribution is 5.94. The molecule has 0 heterocycles. The number of hydrogen-bond acceptors (Lipinski definition) is 3. The van der Waals surface area contributed by atoms with Gasteiger partial charge in [-0.2, -0.15) is 0 Å². The van der Waals surface area contributed by atoms with Crippen molar-refractivity contribution in [1.82, 2.24) is 20.9 Å². The van der Waals surface area contributed by atoms with E-state index in [4.69, 9.17) is 0 Å². The number of nitrogens with one attached hydrogen (secondary N) is 3. The van der Waals surface area contributed by atoms with Crippen LogP contribution in [0.25, 0.3) is 0 Å². The van der Waals surface area contributed by atoms with Gasteiger partial charge in [-0.25, -0.2) is 9.18 Å². The van der Waals surface area contributed by atoms with Gasteiger partial charge in [-0.15, -0.1) is 0 Å². The lowest BCUT2D eigenvalue weighted by molar-refractivity contribution is 0.0959. The molecule has 150 valence electrons. The van der Waals surface area contributed by atoms with Crippen LogP contribution < -0.4 is 16.0 Å². The molecule has 0 aliphatic heterocycles. The van der Waals surface area contributed by atoms with Crippen LogP contribution in [0.2, 0.25) is 0 Å². The summed E-state index contributed by atoms with van der Waals surface area (Å²) in [6.45, 7) is 0.859. The number of rotatable bonds is 8. The fourth-order valence-electron chi connectivity index (χ4n) is 2.77. The first kappa shape index (κ1) is 21.4. The van der Waals surface area contributed by atoms with E-state index in [9.17, 15) is 14.0 Å². The third-order valence-corrected chi connectivity index (χ3v) is 4.50. The van der Waals surface area contributed by atoms with E-state index in [-0.39, 0.29) is 17.6 Å². The van der Waals surface area contributed by atoms with E-state index in [1.54, 1.807) is 6.07 Å². The SMILES string of the molecule is CNC(=O)c1ccc(CC(CNC(=O)NCc2ccccc2)N(C)C)cc1F. The molecule has 2 aromatic carbocycles. The topological polar surface area (TPSA) is 73.5 Å². The first-order valence-electron chi connectivity index (χ1n) is 9.13. The molecular formula is C21H27FN4O2. The van der Waals surface area contributed by atoms with Crippen molar-refractivity contribution in [3.63, 3.8) is 0 Å². The molecular weight excluding hydrogens is 359 g/mol. The smallest absolute Gasteiger partial charge is 0.315 e. The van der Waals surface area contributed by atoms with Crippen molar-refractivity contribution in [1.29, 1.82) is 0 Å². The second-order valence-corrected chi connectivity index (χ2v) is 6.76. The Balaban J connectivity index is 1.90. The van der Waals surface area contributed by atoms with Crippen LogP contribution in [0.5, 0.6) is 0 Å². The van der Waals surface area contributed by atoms with E-state index >= 15 is 0 Å². The molecule has 28 heavy (non-hydrogen) atoms. The maximum atomic E-state index is 14.2. The minimum Gasteiger partial charge on any atom is -0.355 e. The summed E-state index contributed by atoms with van der Waals surface area (Å²) >= 11 is 0. The lowest BCUT2D eigenvalue weighted by Crippen LogP contribution is -2.45. The number of benzene rings is 2. The number of hydrogen-bond donors (Lipinski definition) is 3. The van der Waals surface area contributed by atoms with Crippen molar-refractivity contribution in [2.24, 2.45) is 0 Å². The lowest BCUT2D eigenvalue weighted by Gasteiger charge is -2.25. The molecule has 0 saturated carbocycles. The number of halogens is 1. The predicted molar refractivity (Wildman–Crippen MR) is 108 cm³/mol. The summed E-state index contributed by atoms with van der Waals surface area (Å²) in [5, 5.41) is 8.09. The second-order valence-electron chi connectivity index (χ2n) is 6.76. The molecule has 0 fully saturated rings. The summed E-state index contributed by atoms with van der Waals surface area (Å²) in [4.78, 5) is 25.6. The van der Waals surface area contributed by atoms with Crippen LogP contribution >= 0.6 is 0 Å². The van der Waals surface area contributed by atoms with Crippen molar-refractivity contribution in [2.75, 3.05) is 27.7 Å². The van der Waals surface area contributed by atoms with Crippen molar-refractivity contribution in [3.05, 3.63) is 71.0 Å². The maximum absolute atomic E-state index is 14.2. The van der Waals surface area contributed by atoms with Crippen LogP contribution in [0.3, 0.4) is 0 Å². The fourth-order valence-corrected chi connectivity index (χ4v) is 2.77. The zero-order chi connectivity index (χ0) is 20.5. The third-order valence-electron chi connectivity index (χ3n) is 4.50. The third kappa shape index (κ3) is 6.35. The number of urea groups is 1. The van der Waals surface area contributed by atoms with Gasteiger partial charge in [-0.1, -0.05) is 36.4 Å². The summed E-state index contributed by atoms with van der Waals surface area (Å²) < 4.78 is 14.2. The molecule has 0 spiro atoms. The van der Waals surface area contributed by atoms with Gasteiger partial charge in [-0.05, 0) is 43.8 Å². The van der Waals surface area contributed by atoms with Gasteiger partial charge in [0, 0.05) is 26.2 Å². The van der Waals surface area contributed by atoms with E-state index < -0.39 is 11.7 Å². The Morgan fingerprint density at radius 3 is 2.36 bits per heavy atom. The molecule has 7 heteroatoms. The van der Waals surface area contributed by atoms with E-state index in [1.807, 2.05) is 49.3 Å². The Hall–Kier alpha value is -2.93. The highest BCUT2D eigenvalue weighted by Crippen LogP contribution is 2.13. The Morgan fingerprint density at radius 1 is 1.04 bits per heavy atom. The number of carbonyl (C=O) groups excluding carboxylic acids is 2. The highest BCUT2D eigenvalue weighted by atomic mass is 19.1. The van der Waals surface area contributed by atoms with Gasteiger partial charge in [-0.3, -0.25) is 4.79 Å². The second kappa shape index (κ2) is 10.4. The van der Waals surface area contributed by atoms with Crippen LogP contribution in [0.15, 0.2) is 48.5 Å². The maximum Gasteiger partial charge on any atom is 0.315 e. The Morgan fingerprint density at radius 2 is 1.75 bits per heavy atom. The molecule has 0 bridgehead atoms. The van der Waals surface area contributed by atoms with Gasteiger partial charge in [0.25, 0.3) is 5.91 Å². The Labute approximate surface area is 165 Å². The summed E-state index contributed by atoms with van der Waals surface area (Å²) in [6.07, 6.45) is 0.539. The molecule has 2 aromatic rings. The number of likely N-dealkylation sites (N-methyl/N-ethyl adjacent to an activating group) is 1. The summed E-state index contributed by atoms with van der Waals surface area (Å²) in [5.41, 5.74) is 1.80. The minimum atomic E-state index is -0.553. The highest BCUT2D eigenvalue weighted by Gasteiger charge is 2.16. The Kier molecular flexibility index (Phi) is 7.95. The van der Waals surface area contributed by atoms with E-state index in [2.05, 4.69) is 16.0 Å².